The normalized spacial score (nSPS) is 18.9. The van der Waals surface area contributed by atoms with Crippen molar-refractivity contribution in [3.8, 4) is 0 Å². The standard InChI is InChI=1S/C12H22O.C2H6/c1-3-7-12(10(2)13)11-8-5-4-6-9-11;1-2/h11-12H,3-9H2,1-2H3;1-2H3. The highest BCUT2D eigenvalue weighted by Gasteiger charge is 2.25. The van der Waals surface area contributed by atoms with Gasteiger partial charge in [0.1, 0.15) is 5.78 Å². The molecule has 0 aromatic heterocycles. The Morgan fingerprint density at radius 1 is 1.20 bits per heavy atom. The maximum atomic E-state index is 11.4. The van der Waals surface area contributed by atoms with Gasteiger partial charge in [0.2, 0.25) is 0 Å². The van der Waals surface area contributed by atoms with Crippen LogP contribution in [-0.4, -0.2) is 5.78 Å². The minimum Gasteiger partial charge on any atom is -0.300 e. The van der Waals surface area contributed by atoms with E-state index in [1.165, 1.54) is 32.1 Å². The topological polar surface area (TPSA) is 17.1 Å². The van der Waals surface area contributed by atoms with Crippen LogP contribution in [0, 0.1) is 11.8 Å². The molecule has 1 aliphatic carbocycles. The first-order valence-corrected chi connectivity index (χ1v) is 6.76. The molecule has 1 unspecified atom stereocenters. The first-order valence-electron chi connectivity index (χ1n) is 6.76. The Hall–Kier alpha value is -0.330. The fraction of sp³-hybridized carbons (Fsp3) is 0.929. The van der Waals surface area contributed by atoms with Crippen molar-refractivity contribution in [2.24, 2.45) is 11.8 Å². The molecule has 1 aliphatic rings. The smallest absolute Gasteiger partial charge is 0.133 e. The van der Waals surface area contributed by atoms with Gasteiger partial charge >= 0.3 is 0 Å². The van der Waals surface area contributed by atoms with Crippen molar-refractivity contribution in [2.45, 2.75) is 72.6 Å². The highest BCUT2D eigenvalue weighted by Crippen LogP contribution is 2.32. The molecule has 0 saturated heterocycles. The summed E-state index contributed by atoms with van der Waals surface area (Å²) in [5.41, 5.74) is 0. The summed E-state index contributed by atoms with van der Waals surface area (Å²) < 4.78 is 0. The summed E-state index contributed by atoms with van der Waals surface area (Å²) in [4.78, 5) is 11.4. The van der Waals surface area contributed by atoms with Crippen LogP contribution in [0.25, 0.3) is 0 Å². The molecular weight excluding hydrogens is 184 g/mol. The third-order valence-electron chi connectivity index (χ3n) is 3.34. The Bertz CT molecular complexity index is 157. The van der Waals surface area contributed by atoms with Gasteiger partial charge in [-0.1, -0.05) is 46.5 Å². The van der Waals surface area contributed by atoms with E-state index >= 15 is 0 Å². The summed E-state index contributed by atoms with van der Waals surface area (Å²) in [7, 11) is 0. The number of ketones is 1. The molecule has 1 nitrogen and oxygen atoms in total. The van der Waals surface area contributed by atoms with Crippen LogP contribution in [0.1, 0.15) is 72.6 Å². The molecule has 1 fully saturated rings. The molecule has 0 aromatic rings. The maximum Gasteiger partial charge on any atom is 0.133 e. The van der Waals surface area contributed by atoms with Crippen LogP contribution >= 0.6 is 0 Å². The molecule has 0 bridgehead atoms. The van der Waals surface area contributed by atoms with E-state index in [1.54, 1.807) is 6.92 Å². The summed E-state index contributed by atoms with van der Waals surface area (Å²) in [6, 6.07) is 0. The van der Waals surface area contributed by atoms with Gasteiger partial charge in [0, 0.05) is 5.92 Å². The Labute approximate surface area is 95.6 Å². The first-order chi connectivity index (χ1) is 7.25. The summed E-state index contributed by atoms with van der Waals surface area (Å²) in [5.74, 6) is 1.52. The first kappa shape index (κ1) is 14.7. The maximum absolute atomic E-state index is 11.4. The van der Waals surface area contributed by atoms with Crippen molar-refractivity contribution in [1.29, 1.82) is 0 Å². The lowest BCUT2D eigenvalue weighted by Crippen LogP contribution is -2.23. The molecule has 0 heterocycles. The largest absolute Gasteiger partial charge is 0.300 e. The zero-order valence-corrected chi connectivity index (χ0v) is 11.0. The molecule has 0 aliphatic heterocycles. The number of carbonyl (C=O) groups is 1. The lowest BCUT2D eigenvalue weighted by atomic mass is 9.76. The van der Waals surface area contributed by atoms with Crippen LogP contribution in [0.5, 0.6) is 0 Å². The van der Waals surface area contributed by atoms with Crippen LogP contribution in [-0.2, 0) is 4.79 Å². The fourth-order valence-electron chi connectivity index (χ4n) is 2.62. The Balaban J connectivity index is 0.000000921. The Kier molecular flexibility index (Phi) is 8.74. The summed E-state index contributed by atoms with van der Waals surface area (Å²) >= 11 is 0. The molecule has 0 spiro atoms. The van der Waals surface area contributed by atoms with Gasteiger partial charge < -0.3 is 0 Å². The lowest BCUT2D eigenvalue weighted by molar-refractivity contribution is -0.123. The van der Waals surface area contributed by atoms with Gasteiger partial charge in [0.25, 0.3) is 0 Å². The van der Waals surface area contributed by atoms with Gasteiger partial charge in [0.05, 0.1) is 0 Å². The Morgan fingerprint density at radius 3 is 2.13 bits per heavy atom. The van der Waals surface area contributed by atoms with Crippen molar-refractivity contribution in [1.82, 2.24) is 0 Å². The van der Waals surface area contributed by atoms with Crippen molar-refractivity contribution in [3.63, 3.8) is 0 Å². The Morgan fingerprint density at radius 2 is 1.73 bits per heavy atom. The van der Waals surface area contributed by atoms with E-state index in [2.05, 4.69) is 6.92 Å². The predicted octanol–water partition coefficient (Wildman–Crippen LogP) is 4.60. The third-order valence-corrected chi connectivity index (χ3v) is 3.34. The highest BCUT2D eigenvalue weighted by molar-refractivity contribution is 5.78. The molecule has 1 atom stereocenters. The van der Waals surface area contributed by atoms with Crippen molar-refractivity contribution >= 4 is 5.78 Å². The van der Waals surface area contributed by atoms with E-state index in [-0.39, 0.29) is 0 Å². The van der Waals surface area contributed by atoms with Gasteiger partial charge in [-0.05, 0) is 32.1 Å². The van der Waals surface area contributed by atoms with Crippen LogP contribution in [0.2, 0.25) is 0 Å². The minimum atomic E-state index is 0.380. The van der Waals surface area contributed by atoms with Gasteiger partial charge in [-0.2, -0.15) is 0 Å². The molecule has 1 saturated carbocycles. The van der Waals surface area contributed by atoms with Crippen LogP contribution in [0.15, 0.2) is 0 Å². The average molecular weight is 212 g/mol. The molecular formula is C14H28O. The number of rotatable bonds is 4. The van der Waals surface area contributed by atoms with Crippen molar-refractivity contribution in [2.75, 3.05) is 0 Å². The summed E-state index contributed by atoms with van der Waals surface area (Å²) in [6.07, 6.45) is 8.93. The quantitative estimate of drug-likeness (QED) is 0.665. The average Bonchev–Trinajstić information content (AvgIpc) is 2.29. The SMILES string of the molecule is CC.CCCC(C(C)=O)C1CCCCC1. The van der Waals surface area contributed by atoms with E-state index in [0.29, 0.717) is 17.6 Å². The minimum absolute atomic E-state index is 0.380. The van der Waals surface area contributed by atoms with Crippen LogP contribution in [0.4, 0.5) is 0 Å². The lowest BCUT2D eigenvalue weighted by Gasteiger charge is -2.28. The fourth-order valence-corrected chi connectivity index (χ4v) is 2.62. The molecule has 1 heteroatoms. The zero-order valence-electron chi connectivity index (χ0n) is 11.0. The number of hydrogen-bond acceptors (Lipinski definition) is 1. The van der Waals surface area contributed by atoms with Crippen LogP contribution < -0.4 is 0 Å². The van der Waals surface area contributed by atoms with Gasteiger partial charge in [-0.3, -0.25) is 4.79 Å². The van der Waals surface area contributed by atoms with E-state index in [9.17, 15) is 4.79 Å². The monoisotopic (exact) mass is 212 g/mol. The number of Topliss-reactive ketones (excluding diaryl/α,β-unsaturated/α-hetero) is 1. The number of hydrogen-bond donors (Lipinski definition) is 0. The van der Waals surface area contributed by atoms with Crippen molar-refractivity contribution in [3.05, 3.63) is 0 Å². The second-order valence-electron chi connectivity index (χ2n) is 4.40. The molecule has 1 rings (SSSR count). The van der Waals surface area contributed by atoms with E-state index < -0.39 is 0 Å². The molecule has 0 aromatic carbocycles. The van der Waals surface area contributed by atoms with Gasteiger partial charge in [-0.15, -0.1) is 0 Å². The second-order valence-corrected chi connectivity index (χ2v) is 4.40. The molecule has 0 radical (unpaired) electrons. The van der Waals surface area contributed by atoms with Gasteiger partial charge in [-0.25, -0.2) is 0 Å². The van der Waals surface area contributed by atoms with E-state index in [1.807, 2.05) is 13.8 Å². The summed E-state index contributed by atoms with van der Waals surface area (Å²) in [6.45, 7) is 7.95. The molecule has 15 heavy (non-hydrogen) atoms. The zero-order chi connectivity index (χ0) is 11.7. The van der Waals surface area contributed by atoms with Crippen LogP contribution in [0.3, 0.4) is 0 Å². The highest BCUT2D eigenvalue weighted by atomic mass is 16.1. The number of carbonyl (C=O) groups excluding carboxylic acids is 1. The summed E-state index contributed by atoms with van der Waals surface area (Å²) in [5, 5.41) is 0. The van der Waals surface area contributed by atoms with E-state index in [0.717, 1.165) is 12.8 Å². The molecule has 0 N–H and O–H groups in total. The van der Waals surface area contributed by atoms with E-state index in [4.69, 9.17) is 0 Å². The van der Waals surface area contributed by atoms with Gasteiger partial charge in [0.15, 0.2) is 0 Å². The predicted molar refractivity (Wildman–Crippen MR) is 67.0 cm³/mol. The second kappa shape index (κ2) is 8.94. The molecule has 0 amide bonds. The molecule has 90 valence electrons. The third kappa shape index (κ3) is 5.34. The van der Waals surface area contributed by atoms with Crippen molar-refractivity contribution < 1.29 is 4.79 Å².